The fourth-order valence-corrected chi connectivity index (χ4v) is 2.79. The molecular weight excluding hydrogens is 328 g/mol. The zero-order valence-electron chi connectivity index (χ0n) is 15.2. The Morgan fingerprint density at radius 1 is 1.15 bits per heavy atom. The third kappa shape index (κ3) is 5.31. The highest BCUT2D eigenvalue weighted by atomic mass is 16.5. The Hall–Kier alpha value is -2.37. The number of rotatable bonds is 7. The molecule has 0 unspecified atom stereocenters. The van der Waals surface area contributed by atoms with E-state index in [9.17, 15) is 5.11 Å². The highest BCUT2D eigenvalue weighted by molar-refractivity contribution is 5.85. The van der Waals surface area contributed by atoms with E-state index in [4.69, 9.17) is 9.47 Å². The van der Waals surface area contributed by atoms with Crippen molar-refractivity contribution in [2.24, 2.45) is 4.99 Å². The molecule has 0 aliphatic carbocycles. The maximum absolute atomic E-state index is 10.1. The van der Waals surface area contributed by atoms with Crippen molar-refractivity contribution in [3.05, 3.63) is 53.6 Å². The Balaban J connectivity index is 1.59. The number of benzene rings is 2. The van der Waals surface area contributed by atoms with Crippen molar-refractivity contribution in [3.8, 4) is 11.5 Å². The minimum atomic E-state index is 0.172. The van der Waals surface area contributed by atoms with Crippen LogP contribution in [0.1, 0.15) is 24.5 Å². The monoisotopic (exact) mass is 354 g/mol. The Kier molecular flexibility index (Phi) is 6.63. The van der Waals surface area contributed by atoms with Gasteiger partial charge in [0.2, 0.25) is 0 Å². The fourth-order valence-electron chi connectivity index (χ4n) is 2.79. The average Bonchev–Trinajstić information content (AvgIpc) is 2.67. The van der Waals surface area contributed by atoms with Gasteiger partial charge in [0.15, 0.2) is 0 Å². The molecule has 0 aromatic heterocycles. The molecule has 0 saturated carbocycles. The summed E-state index contributed by atoms with van der Waals surface area (Å²) in [7, 11) is 0. The first kappa shape index (κ1) is 18.4. The second kappa shape index (κ2) is 9.36. The third-order valence-corrected chi connectivity index (χ3v) is 4.27. The fraction of sp³-hybridized carbons (Fsp3) is 0.381. The molecule has 0 spiro atoms. The molecule has 0 radical (unpaired) electrons. The Morgan fingerprint density at radius 2 is 1.92 bits per heavy atom. The quantitative estimate of drug-likeness (QED) is 0.769. The molecule has 1 heterocycles. The molecule has 0 atom stereocenters. The van der Waals surface area contributed by atoms with Crippen molar-refractivity contribution >= 4 is 11.9 Å². The molecule has 138 valence electrons. The number of hydrogen-bond donors (Lipinski definition) is 1. The lowest BCUT2D eigenvalue weighted by atomic mass is 10.2. The van der Waals surface area contributed by atoms with E-state index >= 15 is 0 Å². The van der Waals surface area contributed by atoms with E-state index in [1.54, 1.807) is 12.3 Å². The maximum Gasteiger partial charge on any atom is 0.128 e. The molecule has 1 aliphatic heterocycles. The number of nitrogens with zero attached hydrogens (tertiary/aromatic N) is 2. The standard InChI is InChI=1S/C21H26N2O3/c1-2-11-26-20-8-5-18(21(24)14-20)15-22-19-6-3-17(4-7-19)16-23-9-12-25-13-10-23/h3-8,14-15,24H,2,9-13,16H2,1H3. The van der Waals surface area contributed by atoms with Crippen molar-refractivity contribution in [1.82, 2.24) is 4.90 Å². The number of hydrogen-bond acceptors (Lipinski definition) is 5. The van der Waals surface area contributed by atoms with Gasteiger partial charge in [-0.3, -0.25) is 9.89 Å². The minimum absolute atomic E-state index is 0.172. The van der Waals surface area contributed by atoms with E-state index in [2.05, 4.69) is 22.0 Å². The van der Waals surface area contributed by atoms with Gasteiger partial charge in [0.05, 0.1) is 25.5 Å². The van der Waals surface area contributed by atoms with Crippen LogP contribution in [0.3, 0.4) is 0 Å². The lowest BCUT2D eigenvalue weighted by Crippen LogP contribution is -2.35. The number of phenolic OH excluding ortho intramolecular Hbond substituents is 1. The topological polar surface area (TPSA) is 54.3 Å². The van der Waals surface area contributed by atoms with Crippen LogP contribution in [-0.4, -0.2) is 49.1 Å². The van der Waals surface area contributed by atoms with Crippen LogP contribution in [-0.2, 0) is 11.3 Å². The zero-order valence-corrected chi connectivity index (χ0v) is 15.2. The Bertz CT molecular complexity index is 723. The molecule has 3 rings (SSSR count). The summed E-state index contributed by atoms with van der Waals surface area (Å²) in [5.74, 6) is 0.847. The van der Waals surface area contributed by atoms with Crippen LogP contribution in [0.15, 0.2) is 47.5 Å². The van der Waals surface area contributed by atoms with Gasteiger partial charge >= 0.3 is 0 Å². The number of aromatic hydroxyl groups is 1. The highest BCUT2D eigenvalue weighted by Gasteiger charge is 2.10. The SMILES string of the molecule is CCCOc1ccc(C=Nc2ccc(CN3CCOCC3)cc2)c(O)c1. The highest BCUT2D eigenvalue weighted by Crippen LogP contribution is 2.23. The summed E-state index contributed by atoms with van der Waals surface area (Å²) in [6.07, 6.45) is 2.61. The van der Waals surface area contributed by atoms with E-state index in [0.717, 1.165) is 45.0 Å². The molecule has 1 fully saturated rings. The van der Waals surface area contributed by atoms with Gasteiger partial charge in [-0.25, -0.2) is 0 Å². The van der Waals surface area contributed by atoms with Crippen LogP contribution in [0.5, 0.6) is 11.5 Å². The molecule has 5 nitrogen and oxygen atoms in total. The third-order valence-electron chi connectivity index (χ3n) is 4.27. The second-order valence-electron chi connectivity index (χ2n) is 6.38. The minimum Gasteiger partial charge on any atom is -0.507 e. The van der Waals surface area contributed by atoms with Gasteiger partial charge in [-0.05, 0) is 36.2 Å². The van der Waals surface area contributed by atoms with Crippen LogP contribution >= 0.6 is 0 Å². The molecule has 1 aliphatic rings. The van der Waals surface area contributed by atoms with Crippen LogP contribution in [0.25, 0.3) is 0 Å². The van der Waals surface area contributed by atoms with Gasteiger partial charge in [0.1, 0.15) is 11.5 Å². The molecule has 1 N–H and O–H groups in total. The largest absolute Gasteiger partial charge is 0.507 e. The van der Waals surface area contributed by atoms with Crippen LogP contribution in [0, 0.1) is 0 Å². The summed E-state index contributed by atoms with van der Waals surface area (Å²) in [6.45, 7) is 7.22. The summed E-state index contributed by atoms with van der Waals surface area (Å²) < 4.78 is 10.9. The second-order valence-corrected chi connectivity index (χ2v) is 6.38. The van der Waals surface area contributed by atoms with E-state index < -0.39 is 0 Å². The number of morpholine rings is 1. The average molecular weight is 354 g/mol. The van der Waals surface area contributed by atoms with E-state index in [1.807, 2.05) is 31.2 Å². The van der Waals surface area contributed by atoms with Crippen LogP contribution < -0.4 is 4.74 Å². The van der Waals surface area contributed by atoms with E-state index in [0.29, 0.717) is 17.9 Å². The van der Waals surface area contributed by atoms with Gasteiger partial charge < -0.3 is 14.6 Å². The number of aliphatic imine (C=N–C) groups is 1. The maximum atomic E-state index is 10.1. The summed E-state index contributed by atoms with van der Waals surface area (Å²) in [6, 6.07) is 13.5. The summed E-state index contributed by atoms with van der Waals surface area (Å²) >= 11 is 0. The Labute approximate surface area is 154 Å². The molecule has 2 aromatic rings. The summed E-state index contributed by atoms with van der Waals surface area (Å²) in [5.41, 5.74) is 2.80. The molecule has 26 heavy (non-hydrogen) atoms. The van der Waals surface area contributed by atoms with Crippen molar-refractivity contribution in [2.45, 2.75) is 19.9 Å². The first-order chi connectivity index (χ1) is 12.7. The Morgan fingerprint density at radius 3 is 2.62 bits per heavy atom. The van der Waals surface area contributed by atoms with Crippen molar-refractivity contribution in [3.63, 3.8) is 0 Å². The van der Waals surface area contributed by atoms with Crippen molar-refractivity contribution < 1.29 is 14.6 Å². The van der Waals surface area contributed by atoms with E-state index in [-0.39, 0.29) is 5.75 Å². The first-order valence-electron chi connectivity index (χ1n) is 9.13. The number of ether oxygens (including phenoxy) is 2. The normalized spacial score (nSPS) is 15.4. The summed E-state index contributed by atoms with van der Waals surface area (Å²) in [5, 5.41) is 10.1. The van der Waals surface area contributed by atoms with Gasteiger partial charge in [-0.15, -0.1) is 0 Å². The predicted molar refractivity (Wildman–Crippen MR) is 104 cm³/mol. The molecule has 1 saturated heterocycles. The number of phenols is 1. The lowest BCUT2D eigenvalue weighted by Gasteiger charge is -2.26. The smallest absolute Gasteiger partial charge is 0.128 e. The summed E-state index contributed by atoms with van der Waals surface area (Å²) in [4.78, 5) is 6.85. The van der Waals surface area contributed by atoms with Gasteiger partial charge in [-0.1, -0.05) is 19.1 Å². The van der Waals surface area contributed by atoms with E-state index in [1.165, 1.54) is 5.56 Å². The van der Waals surface area contributed by atoms with Gasteiger partial charge in [0, 0.05) is 37.5 Å². The zero-order chi connectivity index (χ0) is 18.2. The molecule has 0 amide bonds. The molecular formula is C21H26N2O3. The first-order valence-corrected chi connectivity index (χ1v) is 9.13. The van der Waals surface area contributed by atoms with Gasteiger partial charge in [-0.2, -0.15) is 0 Å². The predicted octanol–water partition coefficient (Wildman–Crippen LogP) is 3.76. The molecule has 5 heteroatoms. The van der Waals surface area contributed by atoms with Crippen molar-refractivity contribution in [2.75, 3.05) is 32.9 Å². The van der Waals surface area contributed by atoms with Crippen molar-refractivity contribution in [1.29, 1.82) is 0 Å². The van der Waals surface area contributed by atoms with Crippen LogP contribution in [0.4, 0.5) is 5.69 Å². The van der Waals surface area contributed by atoms with Gasteiger partial charge in [0.25, 0.3) is 0 Å². The lowest BCUT2D eigenvalue weighted by molar-refractivity contribution is 0.0342. The molecule has 0 bridgehead atoms. The molecule has 2 aromatic carbocycles. The van der Waals surface area contributed by atoms with Crippen LogP contribution in [0.2, 0.25) is 0 Å².